The largest absolute Gasteiger partial charge is 0.306 e. The van der Waals surface area contributed by atoms with Crippen LogP contribution in [0.25, 0.3) is 5.69 Å². The molecule has 7 heteroatoms. The summed E-state index contributed by atoms with van der Waals surface area (Å²) in [6.07, 6.45) is 5.48. The van der Waals surface area contributed by atoms with Crippen molar-refractivity contribution >= 4 is 0 Å². The minimum absolute atomic E-state index is 1.14. The van der Waals surface area contributed by atoms with Crippen molar-refractivity contribution in [3.63, 3.8) is 0 Å². The Bertz CT molecular complexity index is 393. The first-order chi connectivity index (χ1) is 7.47. The standard InChI is InChI=1S/C9H8N2.ClHO4/c1-2-4-9(5-3-1)11-7-6-10-8-11;2-1(3,4)5/h1-8H;(H,2,3,4,5). The first-order valence-electron chi connectivity index (χ1n) is 4.13. The van der Waals surface area contributed by atoms with Crippen LogP contribution in [0, 0.1) is 10.2 Å². The highest BCUT2D eigenvalue weighted by Crippen LogP contribution is 2.04. The van der Waals surface area contributed by atoms with E-state index in [4.69, 9.17) is 18.6 Å². The van der Waals surface area contributed by atoms with Crippen LogP contribution >= 0.6 is 0 Å². The molecule has 0 aliphatic heterocycles. The molecule has 1 N–H and O–H groups in total. The van der Waals surface area contributed by atoms with Gasteiger partial charge in [-0.3, -0.25) is 0 Å². The monoisotopic (exact) mass is 244 g/mol. The van der Waals surface area contributed by atoms with Crippen molar-refractivity contribution in [3.8, 4) is 5.69 Å². The second kappa shape index (κ2) is 5.59. The Morgan fingerprint density at radius 3 is 2.12 bits per heavy atom. The van der Waals surface area contributed by atoms with Gasteiger partial charge in [-0.2, -0.15) is 14.0 Å². The third-order valence-electron chi connectivity index (χ3n) is 1.56. The summed E-state index contributed by atoms with van der Waals surface area (Å²) in [5.41, 5.74) is 1.14. The topological polar surface area (TPSA) is 107 Å². The highest BCUT2D eigenvalue weighted by atomic mass is 35.7. The van der Waals surface area contributed by atoms with Crippen molar-refractivity contribution in [3.05, 3.63) is 49.1 Å². The molecular weight excluding hydrogens is 236 g/mol. The van der Waals surface area contributed by atoms with Crippen LogP contribution in [0.1, 0.15) is 0 Å². The zero-order valence-electron chi connectivity index (χ0n) is 8.06. The Morgan fingerprint density at radius 2 is 1.69 bits per heavy atom. The molecule has 2 rings (SSSR count). The summed E-state index contributed by atoms with van der Waals surface area (Å²) in [6.45, 7) is 0. The highest BCUT2D eigenvalue weighted by Gasteiger charge is 1.98. The Labute approximate surface area is 93.8 Å². The fraction of sp³-hybridized carbons (Fsp3) is 0. The first-order valence-corrected chi connectivity index (χ1v) is 5.40. The maximum Gasteiger partial charge on any atom is 0.0991 e. The molecule has 2 aromatic rings. The highest BCUT2D eigenvalue weighted by molar-refractivity contribution is 5.30. The van der Waals surface area contributed by atoms with Gasteiger partial charge < -0.3 is 4.57 Å². The lowest BCUT2D eigenvalue weighted by Crippen LogP contribution is -2.58. The third kappa shape index (κ3) is 5.44. The van der Waals surface area contributed by atoms with Gasteiger partial charge in [0.2, 0.25) is 0 Å². The third-order valence-corrected chi connectivity index (χ3v) is 1.56. The van der Waals surface area contributed by atoms with Crippen LogP contribution in [0.5, 0.6) is 0 Å². The lowest BCUT2D eigenvalue weighted by Gasteiger charge is -2.03. The second-order valence-electron chi connectivity index (χ2n) is 2.70. The van der Waals surface area contributed by atoms with Crippen LogP contribution in [0.3, 0.4) is 0 Å². The number of hydrogen-bond acceptors (Lipinski definition) is 5. The van der Waals surface area contributed by atoms with E-state index in [1.54, 1.807) is 12.5 Å². The smallest absolute Gasteiger partial charge is 0.0991 e. The van der Waals surface area contributed by atoms with E-state index in [1.165, 1.54) is 0 Å². The van der Waals surface area contributed by atoms with Crippen LogP contribution in [0.4, 0.5) is 0 Å². The molecule has 16 heavy (non-hydrogen) atoms. The number of para-hydroxylation sites is 1. The Morgan fingerprint density at radius 1 is 1.12 bits per heavy atom. The van der Waals surface area contributed by atoms with Crippen molar-refractivity contribution in [2.45, 2.75) is 0 Å². The van der Waals surface area contributed by atoms with Gasteiger partial charge in [0.1, 0.15) is 0 Å². The van der Waals surface area contributed by atoms with Gasteiger partial charge in [-0.05, 0) is 12.1 Å². The van der Waals surface area contributed by atoms with Crippen molar-refractivity contribution < 1.29 is 28.9 Å². The molecule has 6 nitrogen and oxygen atoms in total. The van der Waals surface area contributed by atoms with Crippen molar-refractivity contribution in [2.24, 2.45) is 0 Å². The van der Waals surface area contributed by atoms with Gasteiger partial charge in [0, 0.05) is 18.1 Å². The molecule has 0 bridgehead atoms. The zero-order valence-corrected chi connectivity index (χ0v) is 8.82. The Kier molecular flexibility index (Phi) is 4.41. The van der Waals surface area contributed by atoms with E-state index >= 15 is 0 Å². The minimum Gasteiger partial charge on any atom is -0.306 e. The molecule has 0 aliphatic rings. The van der Waals surface area contributed by atoms with E-state index in [2.05, 4.69) is 4.98 Å². The number of hydrogen-bond donors (Lipinski definition) is 1. The summed E-state index contributed by atoms with van der Waals surface area (Å²) in [7, 11) is -4.69. The summed E-state index contributed by atoms with van der Waals surface area (Å²) in [4.78, 5) is 3.96. The number of benzene rings is 1. The summed E-state index contributed by atoms with van der Waals surface area (Å²) >= 11 is 0. The van der Waals surface area contributed by atoms with Gasteiger partial charge in [-0.15, -0.1) is 0 Å². The SMILES string of the molecule is [O-][Cl+3]([O-])([O-])O.c1ccc(-n2ccnc2)cc1. The van der Waals surface area contributed by atoms with Crippen molar-refractivity contribution in [2.75, 3.05) is 0 Å². The van der Waals surface area contributed by atoms with E-state index in [9.17, 15) is 0 Å². The Hall–Kier alpha value is -1.44. The molecule has 1 heterocycles. The van der Waals surface area contributed by atoms with Crippen LogP contribution < -0.4 is 14.0 Å². The van der Waals surface area contributed by atoms with Gasteiger partial charge in [0.25, 0.3) is 0 Å². The molecule has 0 spiro atoms. The number of nitrogens with zero attached hydrogens (tertiary/aromatic N) is 2. The van der Waals surface area contributed by atoms with E-state index in [-0.39, 0.29) is 0 Å². The molecule has 0 atom stereocenters. The number of halogens is 1. The summed E-state index contributed by atoms with van der Waals surface area (Å²) in [5, 5.41) is 0. The predicted octanol–water partition coefficient (Wildman–Crippen LogP) is -2.25. The second-order valence-corrected chi connectivity index (χ2v) is 3.49. The van der Waals surface area contributed by atoms with Gasteiger partial charge in [0.15, 0.2) is 0 Å². The average Bonchev–Trinajstić information content (AvgIpc) is 2.69. The maximum absolute atomic E-state index is 8.60. The summed E-state index contributed by atoms with van der Waals surface area (Å²) in [5.74, 6) is 0. The maximum atomic E-state index is 8.60. The molecule has 0 amide bonds. The molecule has 0 unspecified atom stereocenters. The van der Waals surface area contributed by atoms with Gasteiger partial charge in [0.05, 0.1) is 21.2 Å². The number of aromatic nitrogens is 2. The van der Waals surface area contributed by atoms with Crippen LogP contribution in [0.2, 0.25) is 0 Å². The lowest BCUT2D eigenvalue weighted by molar-refractivity contribution is -1.92. The molecule has 1 aromatic carbocycles. The molecular formula is C9H9ClN2O4. The van der Waals surface area contributed by atoms with Crippen LogP contribution in [-0.2, 0) is 0 Å². The summed E-state index contributed by atoms with van der Waals surface area (Å²) < 4.78 is 34.7. The lowest BCUT2D eigenvalue weighted by atomic mass is 10.3. The normalized spacial score (nSPS) is 10.5. The summed E-state index contributed by atoms with van der Waals surface area (Å²) in [6, 6.07) is 10.1. The zero-order chi connectivity index (χ0) is 12.0. The molecule has 0 saturated carbocycles. The fourth-order valence-electron chi connectivity index (χ4n) is 1.01. The van der Waals surface area contributed by atoms with E-state index < -0.39 is 10.2 Å². The molecule has 0 aliphatic carbocycles. The van der Waals surface area contributed by atoms with Gasteiger partial charge in [-0.25, -0.2) is 4.98 Å². The number of rotatable bonds is 1. The van der Waals surface area contributed by atoms with Crippen LogP contribution in [-0.4, -0.2) is 14.2 Å². The minimum atomic E-state index is -4.69. The van der Waals surface area contributed by atoms with E-state index in [1.807, 2.05) is 41.1 Å². The number of imidazole rings is 1. The average molecular weight is 245 g/mol. The molecule has 1 aromatic heterocycles. The van der Waals surface area contributed by atoms with Crippen molar-refractivity contribution in [1.29, 1.82) is 0 Å². The van der Waals surface area contributed by atoms with Gasteiger partial charge in [-0.1, -0.05) is 18.2 Å². The molecule has 86 valence electrons. The van der Waals surface area contributed by atoms with Crippen LogP contribution in [0.15, 0.2) is 49.1 Å². The molecule has 0 saturated heterocycles. The Balaban J connectivity index is 0.000000221. The molecule has 0 radical (unpaired) electrons. The van der Waals surface area contributed by atoms with E-state index in [0.717, 1.165) is 5.69 Å². The quantitative estimate of drug-likeness (QED) is 0.610. The predicted molar refractivity (Wildman–Crippen MR) is 45.8 cm³/mol. The van der Waals surface area contributed by atoms with Crippen molar-refractivity contribution in [1.82, 2.24) is 9.55 Å². The fourth-order valence-corrected chi connectivity index (χ4v) is 1.01. The van der Waals surface area contributed by atoms with E-state index in [0.29, 0.717) is 0 Å². The molecule has 0 fully saturated rings. The van der Waals surface area contributed by atoms with Gasteiger partial charge >= 0.3 is 0 Å². The first kappa shape index (κ1) is 12.6.